The number of aromatic nitrogens is 2. The zero-order chi connectivity index (χ0) is 13.6. The number of hydrogen-bond acceptors (Lipinski definition) is 2. The number of nitrogens with two attached hydrogens (primary N) is 1. The molecule has 0 bridgehead atoms. The van der Waals surface area contributed by atoms with E-state index in [1.807, 2.05) is 41.8 Å². The van der Waals surface area contributed by atoms with Gasteiger partial charge in [0.25, 0.3) is 0 Å². The second-order valence-corrected chi connectivity index (χ2v) is 5.24. The number of nitrogens with zero attached hydrogens (tertiary/aromatic N) is 2. The fraction of sp³-hybridized carbons (Fsp3) is 0.0714. The van der Waals surface area contributed by atoms with Gasteiger partial charge in [-0.25, -0.2) is 4.98 Å². The van der Waals surface area contributed by atoms with Crippen molar-refractivity contribution in [2.75, 3.05) is 5.73 Å². The van der Waals surface area contributed by atoms with Gasteiger partial charge in [0.05, 0.1) is 21.7 Å². The minimum absolute atomic E-state index is 0.393. The molecule has 0 aliphatic rings. The first-order chi connectivity index (χ1) is 9.06. The molecule has 1 heterocycles. The van der Waals surface area contributed by atoms with Crippen molar-refractivity contribution in [3.8, 4) is 5.69 Å². The van der Waals surface area contributed by atoms with Gasteiger partial charge in [-0.15, -0.1) is 0 Å². The maximum absolute atomic E-state index is 6.26. The zero-order valence-corrected chi connectivity index (χ0v) is 11.7. The summed E-state index contributed by atoms with van der Waals surface area (Å²) < 4.78 is 1.82. The summed E-state index contributed by atoms with van der Waals surface area (Å²) in [4.78, 5) is 4.32. The molecule has 0 saturated heterocycles. The fourth-order valence-electron chi connectivity index (χ4n) is 2.11. The highest BCUT2D eigenvalue weighted by molar-refractivity contribution is 6.32. The molecule has 0 radical (unpaired) electrons. The van der Waals surface area contributed by atoms with Crippen LogP contribution in [0, 0.1) is 6.92 Å². The van der Waals surface area contributed by atoms with Gasteiger partial charge in [0, 0.05) is 5.02 Å². The van der Waals surface area contributed by atoms with Gasteiger partial charge in [0.2, 0.25) is 5.95 Å². The summed E-state index contributed by atoms with van der Waals surface area (Å²) in [7, 11) is 0. The van der Waals surface area contributed by atoms with Crippen molar-refractivity contribution in [3.05, 3.63) is 52.0 Å². The van der Waals surface area contributed by atoms with Gasteiger partial charge in [-0.3, -0.25) is 4.57 Å². The number of hydrogen-bond donors (Lipinski definition) is 1. The molecule has 96 valence electrons. The summed E-state index contributed by atoms with van der Waals surface area (Å²) in [6.07, 6.45) is 0. The Hall–Kier alpha value is -1.71. The predicted molar refractivity (Wildman–Crippen MR) is 80.2 cm³/mol. The summed E-state index contributed by atoms with van der Waals surface area (Å²) in [6.45, 7) is 2.00. The highest BCUT2D eigenvalue weighted by Crippen LogP contribution is 2.30. The summed E-state index contributed by atoms with van der Waals surface area (Å²) in [5.74, 6) is 0.393. The molecule has 0 fully saturated rings. The molecule has 3 aromatic rings. The molecule has 5 heteroatoms. The van der Waals surface area contributed by atoms with Gasteiger partial charge < -0.3 is 5.73 Å². The highest BCUT2D eigenvalue weighted by Gasteiger charge is 2.13. The van der Waals surface area contributed by atoms with Crippen LogP contribution in [0.5, 0.6) is 0 Å². The van der Waals surface area contributed by atoms with Crippen LogP contribution in [-0.2, 0) is 0 Å². The van der Waals surface area contributed by atoms with Crippen LogP contribution in [0.2, 0.25) is 10.0 Å². The second kappa shape index (κ2) is 4.44. The molecule has 1 aromatic heterocycles. The van der Waals surface area contributed by atoms with Gasteiger partial charge in [0.15, 0.2) is 0 Å². The molecule has 0 aliphatic carbocycles. The lowest BCUT2D eigenvalue weighted by atomic mass is 10.2. The average molecular weight is 292 g/mol. The molecule has 0 spiro atoms. The Labute approximate surface area is 120 Å². The Morgan fingerprint density at radius 1 is 1.11 bits per heavy atom. The molecule has 0 aliphatic heterocycles. The highest BCUT2D eigenvalue weighted by atomic mass is 35.5. The third-order valence-electron chi connectivity index (χ3n) is 2.99. The van der Waals surface area contributed by atoms with Crippen LogP contribution in [-0.4, -0.2) is 9.55 Å². The van der Waals surface area contributed by atoms with Crippen LogP contribution < -0.4 is 5.73 Å². The zero-order valence-electron chi connectivity index (χ0n) is 10.2. The lowest BCUT2D eigenvalue weighted by Gasteiger charge is -2.09. The van der Waals surface area contributed by atoms with Crippen LogP contribution in [0.1, 0.15) is 5.56 Å². The molecule has 0 amide bonds. The number of nitrogen functional groups attached to an aromatic ring is 1. The maximum Gasteiger partial charge on any atom is 0.205 e. The molecule has 2 aromatic carbocycles. The Morgan fingerprint density at radius 2 is 1.89 bits per heavy atom. The predicted octanol–water partition coefficient (Wildman–Crippen LogP) is 4.22. The van der Waals surface area contributed by atoms with E-state index in [4.69, 9.17) is 28.9 Å². The van der Waals surface area contributed by atoms with E-state index in [1.54, 1.807) is 6.07 Å². The standard InChI is InChI=1S/C14H11Cl2N3/c1-8-2-4-10(16)12(6-8)19-13-7-9(15)3-5-11(13)18-14(19)17/h2-7H,1H3,(H2,17,18). The number of fused-ring (bicyclic) bond motifs is 1. The van der Waals surface area contributed by atoms with Crippen LogP contribution in [0.25, 0.3) is 16.7 Å². The van der Waals surface area contributed by atoms with Crippen molar-refractivity contribution in [3.63, 3.8) is 0 Å². The monoisotopic (exact) mass is 291 g/mol. The molecule has 19 heavy (non-hydrogen) atoms. The van der Waals surface area contributed by atoms with E-state index in [9.17, 15) is 0 Å². The van der Waals surface area contributed by atoms with Crippen molar-refractivity contribution >= 4 is 40.2 Å². The van der Waals surface area contributed by atoms with E-state index in [1.165, 1.54) is 0 Å². The molecule has 2 N–H and O–H groups in total. The van der Waals surface area contributed by atoms with Crippen LogP contribution in [0.3, 0.4) is 0 Å². The normalized spacial score (nSPS) is 11.1. The summed E-state index contributed by atoms with van der Waals surface area (Å²) in [5, 5.41) is 1.26. The van der Waals surface area contributed by atoms with E-state index in [-0.39, 0.29) is 0 Å². The van der Waals surface area contributed by atoms with Crippen molar-refractivity contribution in [2.45, 2.75) is 6.92 Å². The Morgan fingerprint density at radius 3 is 2.68 bits per heavy atom. The molecule has 0 atom stereocenters. The molecule has 3 nitrogen and oxygen atoms in total. The largest absolute Gasteiger partial charge is 0.369 e. The topological polar surface area (TPSA) is 43.8 Å². The number of imidazole rings is 1. The first kappa shape index (κ1) is 12.3. The van der Waals surface area contributed by atoms with E-state index in [0.29, 0.717) is 16.0 Å². The average Bonchev–Trinajstić information content (AvgIpc) is 2.68. The van der Waals surface area contributed by atoms with E-state index in [0.717, 1.165) is 22.3 Å². The lowest BCUT2D eigenvalue weighted by Crippen LogP contribution is -2.01. The van der Waals surface area contributed by atoms with Crippen LogP contribution >= 0.6 is 23.2 Å². The number of anilines is 1. The smallest absolute Gasteiger partial charge is 0.205 e. The third-order valence-corrected chi connectivity index (χ3v) is 3.54. The Kier molecular flexibility index (Phi) is 2.88. The minimum atomic E-state index is 0.393. The third kappa shape index (κ3) is 2.05. The quantitative estimate of drug-likeness (QED) is 0.729. The van der Waals surface area contributed by atoms with Crippen molar-refractivity contribution in [1.82, 2.24) is 9.55 Å². The molecular formula is C14H11Cl2N3. The van der Waals surface area contributed by atoms with Crippen molar-refractivity contribution in [1.29, 1.82) is 0 Å². The minimum Gasteiger partial charge on any atom is -0.369 e. The lowest BCUT2D eigenvalue weighted by molar-refractivity contribution is 1.10. The van der Waals surface area contributed by atoms with Crippen molar-refractivity contribution in [2.24, 2.45) is 0 Å². The van der Waals surface area contributed by atoms with Crippen LogP contribution in [0.15, 0.2) is 36.4 Å². The van der Waals surface area contributed by atoms with Gasteiger partial charge >= 0.3 is 0 Å². The molecule has 0 saturated carbocycles. The van der Waals surface area contributed by atoms with E-state index < -0.39 is 0 Å². The summed E-state index contributed by atoms with van der Waals surface area (Å²) in [6, 6.07) is 11.2. The molecule has 3 rings (SSSR count). The van der Waals surface area contributed by atoms with E-state index in [2.05, 4.69) is 4.98 Å². The number of rotatable bonds is 1. The first-order valence-electron chi connectivity index (χ1n) is 5.76. The summed E-state index contributed by atoms with van der Waals surface area (Å²) >= 11 is 12.3. The second-order valence-electron chi connectivity index (χ2n) is 4.39. The van der Waals surface area contributed by atoms with Crippen molar-refractivity contribution < 1.29 is 0 Å². The van der Waals surface area contributed by atoms with Gasteiger partial charge in [-0.1, -0.05) is 29.3 Å². The Balaban J connectivity index is 2.38. The van der Waals surface area contributed by atoms with Gasteiger partial charge in [-0.05, 0) is 42.8 Å². The fourth-order valence-corrected chi connectivity index (χ4v) is 2.48. The maximum atomic E-state index is 6.26. The first-order valence-corrected chi connectivity index (χ1v) is 6.52. The number of halogens is 2. The van der Waals surface area contributed by atoms with Crippen LogP contribution in [0.4, 0.5) is 5.95 Å². The summed E-state index contributed by atoms with van der Waals surface area (Å²) in [5.41, 5.74) is 9.55. The molecular weight excluding hydrogens is 281 g/mol. The van der Waals surface area contributed by atoms with Gasteiger partial charge in [0.1, 0.15) is 0 Å². The van der Waals surface area contributed by atoms with Gasteiger partial charge in [-0.2, -0.15) is 0 Å². The van der Waals surface area contributed by atoms with E-state index >= 15 is 0 Å². The Bertz CT molecular complexity index is 778. The number of aryl methyl sites for hydroxylation is 1. The molecule has 0 unspecified atom stereocenters. The SMILES string of the molecule is Cc1ccc(Cl)c(-n2c(N)nc3ccc(Cl)cc32)c1. The number of benzene rings is 2.